The lowest BCUT2D eigenvalue weighted by molar-refractivity contribution is 0.400. The van der Waals surface area contributed by atoms with Crippen molar-refractivity contribution in [2.24, 2.45) is 11.7 Å². The summed E-state index contributed by atoms with van der Waals surface area (Å²) in [6, 6.07) is 3.67. The Bertz CT molecular complexity index is 556. The zero-order valence-electron chi connectivity index (χ0n) is 10.0. The summed E-state index contributed by atoms with van der Waals surface area (Å²) in [4.78, 5) is 4.18. The molecule has 1 atom stereocenters. The fourth-order valence-corrected chi connectivity index (χ4v) is 1.69. The molecular weight excluding hydrogens is 257 g/mol. The van der Waals surface area contributed by atoms with E-state index in [0.29, 0.717) is 11.4 Å². The molecule has 0 aliphatic rings. The number of hydrogen-bond donors (Lipinski definition) is 1. The van der Waals surface area contributed by atoms with Crippen molar-refractivity contribution in [3.05, 3.63) is 34.9 Å². The predicted molar refractivity (Wildman–Crippen MR) is 66.5 cm³/mol. The van der Waals surface area contributed by atoms with Crippen molar-refractivity contribution in [3.63, 3.8) is 0 Å². The smallest absolute Gasteiger partial charge is 0.259 e. The highest BCUT2D eigenvalue weighted by Crippen LogP contribution is 2.28. The number of aromatic nitrogens is 2. The van der Waals surface area contributed by atoms with Crippen molar-refractivity contribution in [2.75, 3.05) is 0 Å². The summed E-state index contributed by atoms with van der Waals surface area (Å²) in [5, 5.41) is 4.04. The van der Waals surface area contributed by atoms with Gasteiger partial charge in [-0.05, 0) is 24.1 Å². The third-order valence-corrected chi connectivity index (χ3v) is 2.93. The Morgan fingerprint density at radius 3 is 2.72 bits per heavy atom. The van der Waals surface area contributed by atoms with Crippen LogP contribution in [0.2, 0.25) is 5.02 Å². The number of hydrogen-bond acceptors (Lipinski definition) is 4. The molecular formula is C12H13ClFN3O. The Morgan fingerprint density at radius 2 is 2.11 bits per heavy atom. The molecule has 0 saturated heterocycles. The molecule has 1 aromatic carbocycles. The van der Waals surface area contributed by atoms with Crippen molar-refractivity contribution in [1.82, 2.24) is 10.1 Å². The van der Waals surface area contributed by atoms with E-state index in [1.807, 2.05) is 13.8 Å². The molecule has 0 radical (unpaired) electrons. The van der Waals surface area contributed by atoms with Gasteiger partial charge in [0, 0.05) is 0 Å². The Kier molecular flexibility index (Phi) is 3.63. The number of halogens is 2. The van der Waals surface area contributed by atoms with Gasteiger partial charge in [0.05, 0.1) is 16.6 Å². The molecule has 4 nitrogen and oxygen atoms in total. The zero-order chi connectivity index (χ0) is 13.3. The van der Waals surface area contributed by atoms with Gasteiger partial charge in [0.15, 0.2) is 5.82 Å². The van der Waals surface area contributed by atoms with Crippen LogP contribution >= 0.6 is 11.6 Å². The second kappa shape index (κ2) is 5.04. The molecule has 0 amide bonds. The number of benzene rings is 1. The lowest BCUT2D eigenvalue weighted by atomic mass is 10.1. The molecule has 2 N–H and O–H groups in total. The topological polar surface area (TPSA) is 64.9 Å². The van der Waals surface area contributed by atoms with Crippen molar-refractivity contribution in [2.45, 2.75) is 19.9 Å². The monoisotopic (exact) mass is 269 g/mol. The van der Waals surface area contributed by atoms with E-state index in [9.17, 15) is 4.39 Å². The van der Waals surface area contributed by atoms with Crippen LogP contribution in [0.5, 0.6) is 0 Å². The second-order valence-electron chi connectivity index (χ2n) is 4.35. The van der Waals surface area contributed by atoms with Crippen LogP contribution < -0.4 is 5.73 Å². The van der Waals surface area contributed by atoms with E-state index in [1.165, 1.54) is 18.2 Å². The molecule has 1 aromatic heterocycles. The molecule has 0 aliphatic heterocycles. The van der Waals surface area contributed by atoms with Crippen LogP contribution in [0, 0.1) is 11.7 Å². The van der Waals surface area contributed by atoms with Gasteiger partial charge in [-0.3, -0.25) is 0 Å². The molecule has 0 fully saturated rings. The molecule has 0 spiro atoms. The number of rotatable bonds is 3. The SMILES string of the molecule is CC(C)C(N)c1noc(-c2ccc(F)cc2Cl)n1. The largest absolute Gasteiger partial charge is 0.334 e. The first-order chi connectivity index (χ1) is 8.49. The van der Waals surface area contributed by atoms with E-state index in [-0.39, 0.29) is 22.9 Å². The molecule has 2 rings (SSSR count). The summed E-state index contributed by atoms with van der Waals surface area (Å²) in [6.07, 6.45) is 0. The zero-order valence-corrected chi connectivity index (χ0v) is 10.8. The normalized spacial score (nSPS) is 13.0. The van der Waals surface area contributed by atoms with E-state index in [2.05, 4.69) is 10.1 Å². The Hall–Kier alpha value is -1.46. The van der Waals surface area contributed by atoms with Crippen molar-refractivity contribution >= 4 is 11.6 Å². The standard InChI is InChI=1S/C12H13ClFN3O/c1-6(2)10(15)11-16-12(18-17-11)8-4-3-7(14)5-9(8)13/h3-6,10H,15H2,1-2H3. The number of nitrogens with two attached hydrogens (primary N) is 1. The van der Waals surface area contributed by atoms with Gasteiger partial charge in [-0.2, -0.15) is 4.98 Å². The van der Waals surface area contributed by atoms with Crippen LogP contribution in [0.3, 0.4) is 0 Å². The van der Waals surface area contributed by atoms with Crippen LogP contribution in [0.25, 0.3) is 11.5 Å². The summed E-state index contributed by atoms with van der Waals surface area (Å²) < 4.78 is 18.0. The number of nitrogens with zero attached hydrogens (tertiary/aromatic N) is 2. The maximum absolute atomic E-state index is 12.9. The lowest BCUT2D eigenvalue weighted by Crippen LogP contribution is -2.18. The summed E-state index contributed by atoms with van der Waals surface area (Å²) in [6.45, 7) is 3.93. The first-order valence-corrected chi connectivity index (χ1v) is 5.91. The first kappa shape index (κ1) is 13.0. The fourth-order valence-electron chi connectivity index (χ4n) is 1.44. The highest BCUT2D eigenvalue weighted by atomic mass is 35.5. The van der Waals surface area contributed by atoms with Gasteiger partial charge < -0.3 is 10.3 Å². The Morgan fingerprint density at radius 1 is 1.39 bits per heavy atom. The van der Waals surface area contributed by atoms with Crippen molar-refractivity contribution in [1.29, 1.82) is 0 Å². The molecule has 96 valence electrons. The van der Waals surface area contributed by atoms with Crippen LogP contribution in [-0.4, -0.2) is 10.1 Å². The van der Waals surface area contributed by atoms with E-state index in [0.717, 1.165) is 0 Å². The molecule has 1 unspecified atom stereocenters. The molecule has 6 heteroatoms. The summed E-state index contributed by atoms with van der Waals surface area (Å²) in [7, 11) is 0. The molecule has 1 heterocycles. The quantitative estimate of drug-likeness (QED) is 0.929. The maximum atomic E-state index is 12.9. The van der Waals surface area contributed by atoms with Gasteiger partial charge in [-0.25, -0.2) is 4.39 Å². The average Bonchev–Trinajstić information content (AvgIpc) is 2.77. The minimum atomic E-state index is -0.414. The van der Waals surface area contributed by atoms with Crippen molar-refractivity contribution < 1.29 is 8.91 Å². The van der Waals surface area contributed by atoms with Gasteiger partial charge in [0.25, 0.3) is 5.89 Å². The van der Waals surface area contributed by atoms with Gasteiger partial charge in [-0.15, -0.1) is 0 Å². The maximum Gasteiger partial charge on any atom is 0.259 e. The van der Waals surface area contributed by atoms with E-state index in [1.54, 1.807) is 0 Å². The average molecular weight is 270 g/mol. The Balaban J connectivity index is 2.35. The van der Waals surface area contributed by atoms with Crippen LogP contribution in [-0.2, 0) is 0 Å². The van der Waals surface area contributed by atoms with Gasteiger partial charge in [-0.1, -0.05) is 30.6 Å². The van der Waals surface area contributed by atoms with Crippen LogP contribution in [0.1, 0.15) is 25.7 Å². The molecule has 2 aromatic rings. The molecule has 0 saturated carbocycles. The fraction of sp³-hybridized carbons (Fsp3) is 0.333. The highest BCUT2D eigenvalue weighted by molar-refractivity contribution is 6.33. The predicted octanol–water partition coefficient (Wildman–Crippen LogP) is 3.18. The third kappa shape index (κ3) is 2.52. The van der Waals surface area contributed by atoms with Gasteiger partial charge in [0.2, 0.25) is 0 Å². The van der Waals surface area contributed by atoms with Crippen LogP contribution in [0.15, 0.2) is 22.7 Å². The second-order valence-corrected chi connectivity index (χ2v) is 4.76. The van der Waals surface area contributed by atoms with Crippen LogP contribution in [0.4, 0.5) is 4.39 Å². The molecule has 18 heavy (non-hydrogen) atoms. The summed E-state index contributed by atoms with van der Waals surface area (Å²) in [5.74, 6) is 0.438. The van der Waals surface area contributed by atoms with E-state index >= 15 is 0 Å². The van der Waals surface area contributed by atoms with Crippen molar-refractivity contribution in [3.8, 4) is 11.5 Å². The Labute approximate surface area is 109 Å². The van der Waals surface area contributed by atoms with E-state index in [4.69, 9.17) is 21.9 Å². The highest BCUT2D eigenvalue weighted by Gasteiger charge is 2.19. The minimum absolute atomic E-state index is 0.194. The first-order valence-electron chi connectivity index (χ1n) is 5.53. The van der Waals surface area contributed by atoms with Gasteiger partial charge >= 0.3 is 0 Å². The summed E-state index contributed by atoms with van der Waals surface area (Å²) >= 11 is 5.92. The third-order valence-electron chi connectivity index (χ3n) is 2.62. The molecule has 0 aliphatic carbocycles. The van der Waals surface area contributed by atoms with E-state index < -0.39 is 5.82 Å². The minimum Gasteiger partial charge on any atom is -0.334 e. The lowest BCUT2D eigenvalue weighted by Gasteiger charge is -2.09. The molecule has 0 bridgehead atoms. The summed E-state index contributed by atoms with van der Waals surface area (Å²) in [5.41, 5.74) is 6.41. The van der Waals surface area contributed by atoms with Gasteiger partial charge in [0.1, 0.15) is 5.82 Å².